The summed E-state index contributed by atoms with van der Waals surface area (Å²) in [7, 11) is 0. The Kier molecular flexibility index (Phi) is 6.40. The molecule has 0 spiro atoms. The van der Waals surface area contributed by atoms with Crippen LogP contribution in [0.5, 0.6) is 5.75 Å². The molecule has 4 nitrogen and oxygen atoms in total. The summed E-state index contributed by atoms with van der Waals surface area (Å²) in [5.74, 6) is -1.92. The fourth-order valence-electron chi connectivity index (χ4n) is 3.21. The molecule has 1 saturated heterocycles. The number of nitrogens with one attached hydrogen (secondary N) is 1. The summed E-state index contributed by atoms with van der Waals surface area (Å²) in [6.45, 7) is 4.27. The largest absolute Gasteiger partial charge is 0.478 e. The van der Waals surface area contributed by atoms with Crippen LogP contribution in [-0.2, 0) is 11.3 Å². The summed E-state index contributed by atoms with van der Waals surface area (Å²) in [6, 6.07) is 13.4. The zero-order valence-electron chi connectivity index (χ0n) is 15.3. The number of hydrogen-bond donors (Lipinski definition) is 1. The van der Waals surface area contributed by atoms with E-state index in [4.69, 9.17) is 4.74 Å². The third kappa shape index (κ3) is 5.50. The maximum absolute atomic E-state index is 13.7. The second-order valence-corrected chi connectivity index (χ2v) is 6.88. The third-order valence-corrected chi connectivity index (χ3v) is 4.75. The lowest BCUT2D eigenvalue weighted by molar-refractivity contribution is -0.128. The van der Waals surface area contributed by atoms with Gasteiger partial charge in [-0.25, -0.2) is 8.78 Å². The van der Waals surface area contributed by atoms with Crippen molar-refractivity contribution in [3.8, 4) is 5.75 Å². The number of carbonyl (C=O) groups is 1. The number of piperidine rings is 1. The number of halogens is 2. The number of hydrogen-bond acceptors (Lipinski definition) is 3. The van der Waals surface area contributed by atoms with E-state index in [1.54, 1.807) is 6.92 Å². The monoisotopic (exact) mass is 374 g/mol. The normalized spacial score (nSPS) is 16.7. The van der Waals surface area contributed by atoms with E-state index >= 15 is 0 Å². The number of ether oxygens (including phenoxy) is 1. The molecule has 1 N–H and O–H groups in total. The maximum Gasteiger partial charge on any atom is 0.260 e. The van der Waals surface area contributed by atoms with Crippen molar-refractivity contribution in [2.45, 2.75) is 38.5 Å². The minimum absolute atomic E-state index is 0.0774. The Morgan fingerprint density at radius 3 is 2.56 bits per heavy atom. The van der Waals surface area contributed by atoms with Crippen molar-refractivity contribution in [1.29, 1.82) is 0 Å². The second kappa shape index (κ2) is 8.95. The first-order chi connectivity index (χ1) is 13.0. The van der Waals surface area contributed by atoms with Crippen LogP contribution in [-0.4, -0.2) is 36.0 Å². The van der Waals surface area contributed by atoms with E-state index in [-0.39, 0.29) is 17.7 Å². The van der Waals surface area contributed by atoms with Gasteiger partial charge < -0.3 is 10.1 Å². The number of likely N-dealkylation sites (tertiary alicyclic amines) is 1. The van der Waals surface area contributed by atoms with Gasteiger partial charge in [0.2, 0.25) is 0 Å². The molecule has 0 bridgehead atoms. The van der Waals surface area contributed by atoms with E-state index in [1.807, 2.05) is 18.2 Å². The van der Waals surface area contributed by atoms with E-state index < -0.39 is 17.7 Å². The van der Waals surface area contributed by atoms with Gasteiger partial charge in [0.05, 0.1) is 0 Å². The summed E-state index contributed by atoms with van der Waals surface area (Å²) in [5, 5.41) is 2.97. The topological polar surface area (TPSA) is 41.6 Å². The Bertz CT molecular complexity index is 762. The first kappa shape index (κ1) is 19.3. The Labute approximate surface area is 158 Å². The minimum atomic E-state index is -0.854. The summed E-state index contributed by atoms with van der Waals surface area (Å²) in [4.78, 5) is 14.7. The molecule has 1 amide bonds. The molecule has 2 aromatic rings. The first-order valence-corrected chi connectivity index (χ1v) is 9.19. The molecule has 0 saturated carbocycles. The van der Waals surface area contributed by atoms with Crippen molar-refractivity contribution in [1.82, 2.24) is 10.2 Å². The van der Waals surface area contributed by atoms with E-state index in [0.717, 1.165) is 44.6 Å². The molecule has 1 unspecified atom stereocenters. The van der Waals surface area contributed by atoms with Crippen LogP contribution in [0, 0.1) is 11.6 Å². The van der Waals surface area contributed by atoms with Gasteiger partial charge in [-0.3, -0.25) is 9.69 Å². The van der Waals surface area contributed by atoms with Gasteiger partial charge in [0.15, 0.2) is 17.7 Å². The molecule has 0 radical (unpaired) electrons. The van der Waals surface area contributed by atoms with Crippen molar-refractivity contribution in [3.05, 3.63) is 65.7 Å². The summed E-state index contributed by atoms with van der Waals surface area (Å²) in [5.41, 5.74) is 1.28. The molecule has 1 aliphatic heterocycles. The maximum atomic E-state index is 13.7. The Morgan fingerprint density at radius 2 is 1.89 bits per heavy atom. The average Bonchev–Trinajstić information content (AvgIpc) is 2.66. The summed E-state index contributed by atoms with van der Waals surface area (Å²) in [6.07, 6.45) is 0.860. The fourth-order valence-corrected chi connectivity index (χ4v) is 3.21. The highest BCUT2D eigenvalue weighted by molar-refractivity contribution is 5.81. The Hall–Kier alpha value is -2.47. The smallest absolute Gasteiger partial charge is 0.260 e. The molecule has 3 rings (SSSR count). The molecule has 1 aliphatic rings. The van der Waals surface area contributed by atoms with Crippen LogP contribution in [0.15, 0.2) is 48.5 Å². The van der Waals surface area contributed by atoms with Crippen molar-refractivity contribution >= 4 is 5.91 Å². The van der Waals surface area contributed by atoms with Crippen LogP contribution in [0.3, 0.4) is 0 Å². The molecule has 144 valence electrons. The van der Waals surface area contributed by atoms with Crippen molar-refractivity contribution in [2.75, 3.05) is 13.1 Å². The molecule has 1 fully saturated rings. The molecular weight excluding hydrogens is 350 g/mol. The zero-order valence-corrected chi connectivity index (χ0v) is 15.3. The van der Waals surface area contributed by atoms with E-state index in [2.05, 4.69) is 22.3 Å². The second-order valence-electron chi connectivity index (χ2n) is 6.88. The quantitative estimate of drug-likeness (QED) is 0.841. The van der Waals surface area contributed by atoms with Gasteiger partial charge >= 0.3 is 0 Å². The van der Waals surface area contributed by atoms with Crippen LogP contribution >= 0.6 is 0 Å². The lowest BCUT2D eigenvalue weighted by atomic mass is 10.0. The van der Waals surface area contributed by atoms with Gasteiger partial charge in [-0.1, -0.05) is 30.3 Å². The predicted molar refractivity (Wildman–Crippen MR) is 99.3 cm³/mol. The molecule has 2 aromatic carbocycles. The summed E-state index contributed by atoms with van der Waals surface area (Å²) < 4.78 is 31.9. The number of rotatable bonds is 6. The fraction of sp³-hybridized carbons (Fsp3) is 0.381. The first-order valence-electron chi connectivity index (χ1n) is 9.19. The Balaban J connectivity index is 1.44. The van der Waals surface area contributed by atoms with Gasteiger partial charge in [-0.15, -0.1) is 0 Å². The van der Waals surface area contributed by atoms with E-state index in [1.165, 1.54) is 11.6 Å². The summed E-state index contributed by atoms with van der Waals surface area (Å²) >= 11 is 0. The molecule has 0 aromatic heterocycles. The predicted octanol–water partition coefficient (Wildman–Crippen LogP) is 3.51. The van der Waals surface area contributed by atoms with Crippen LogP contribution in [0.4, 0.5) is 8.78 Å². The number of amides is 1. The number of benzene rings is 2. The van der Waals surface area contributed by atoms with E-state index in [9.17, 15) is 13.6 Å². The third-order valence-electron chi connectivity index (χ3n) is 4.75. The number of carbonyl (C=O) groups excluding carboxylic acids is 1. The van der Waals surface area contributed by atoms with Gasteiger partial charge in [0.1, 0.15) is 5.82 Å². The molecule has 1 heterocycles. The molecular formula is C21H24F2N2O2. The zero-order chi connectivity index (χ0) is 19.2. The number of nitrogens with zero attached hydrogens (tertiary/aromatic N) is 1. The molecule has 27 heavy (non-hydrogen) atoms. The molecule has 0 aliphatic carbocycles. The van der Waals surface area contributed by atoms with Crippen LogP contribution in [0.2, 0.25) is 0 Å². The van der Waals surface area contributed by atoms with Gasteiger partial charge in [0, 0.05) is 31.7 Å². The lowest BCUT2D eigenvalue weighted by Gasteiger charge is -2.32. The molecule has 6 heteroatoms. The van der Waals surface area contributed by atoms with Crippen LogP contribution in [0.1, 0.15) is 25.3 Å². The highest BCUT2D eigenvalue weighted by Gasteiger charge is 2.24. The minimum Gasteiger partial charge on any atom is -0.478 e. The van der Waals surface area contributed by atoms with Crippen LogP contribution < -0.4 is 10.1 Å². The van der Waals surface area contributed by atoms with Crippen LogP contribution in [0.25, 0.3) is 0 Å². The van der Waals surface area contributed by atoms with Gasteiger partial charge in [0.25, 0.3) is 5.91 Å². The SMILES string of the molecule is CC(Oc1ccc(F)cc1F)C(=O)NC1CCN(Cc2ccccc2)CC1. The highest BCUT2D eigenvalue weighted by atomic mass is 19.1. The average molecular weight is 374 g/mol. The van der Waals surface area contributed by atoms with Gasteiger partial charge in [-0.05, 0) is 37.5 Å². The van der Waals surface area contributed by atoms with E-state index in [0.29, 0.717) is 0 Å². The highest BCUT2D eigenvalue weighted by Crippen LogP contribution is 2.19. The Morgan fingerprint density at radius 1 is 1.19 bits per heavy atom. The standard InChI is InChI=1S/C21H24F2N2O2/c1-15(27-20-8-7-17(22)13-19(20)23)21(26)24-18-9-11-25(12-10-18)14-16-5-3-2-4-6-16/h2-8,13,15,18H,9-12,14H2,1H3,(H,24,26). The molecule has 1 atom stereocenters. The lowest BCUT2D eigenvalue weighted by Crippen LogP contribution is -2.47. The van der Waals surface area contributed by atoms with Crippen molar-refractivity contribution < 1.29 is 18.3 Å². The van der Waals surface area contributed by atoms with Gasteiger partial charge in [-0.2, -0.15) is 0 Å². The van der Waals surface area contributed by atoms with Crippen molar-refractivity contribution in [2.24, 2.45) is 0 Å². The van der Waals surface area contributed by atoms with Crippen molar-refractivity contribution in [3.63, 3.8) is 0 Å².